The molecular formula is C12H9F3N4. The molecule has 19 heavy (non-hydrogen) atoms. The molecule has 0 bridgehead atoms. The number of aromatic nitrogens is 2. The van der Waals surface area contributed by atoms with Crippen LogP contribution in [0.1, 0.15) is 16.8 Å². The lowest BCUT2D eigenvalue weighted by Crippen LogP contribution is -2.05. The maximum atomic E-state index is 12.4. The van der Waals surface area contributed by atoms with E-state index in [-0.39, 0.29) is 12.2 Å². The summed E-state index contributed by atoms with van der Waals surface area (Å²) in [5.41, 5.74) is 5.86. The number of rotatable bonds is 2. The Labute approximate surface area is 106 Å². The first-order chi connectivity index (χ1) is 8.95. The largest absolute Gasteiger partial charge is 0.416 e. The molecule has 7 heteroatoms. The highest BCUT2D eigenvalue weighted by Gasteiger charge is 2.30. The Morgan fingerprint density at radius 1 is 1.26 bits per heavy atom. The highest BCUT2D eigenvalue weighted by Crippen LogP contribution is 2.29. The van der Waals surface area contributed by atoms with E-state index in [1.54, 1.807) is 0 Å². The van der Waals surface area contributed by atoms with Crippen LogP contribution in [0.25, 0.3) is 5.69 Å². The Morgan fingerprint density at radius 2 is 1.89 bits per heavy atom. The number of hydrogen-bond acceptors (Lipinski definition) is 3. The van der Waals surface area contributed by atoms with Crippen molar-refractivity contribution in [2.45, 2.75) is 12.7 Å². The van der Waals surface area contributed by atoms with Gasteiger partial charge in [0.05, 0.1) is 11.3 Å². The first-order valence-electron chi connectivity index (χ1n) is 5.32. The molecule has 0 unspecified atom stereocenters. The van der Waals surface area contributed by atoms with Gasteiger partial charge in [-0.05, 0) is 24.3 Å². The average Bonchev–Trinajstić information content (AvgIpc) is 2.81. The van der Waals surface area contributed by atoms with E-state index >= 15 is 0 Å². The molecule has 0 aliphatic carbocycles. The zero-order chi connectivity index (χ0) is 14.0. The maximum Gasteiger partial charge on any atom is 0.416 e. The Bertz CT molecular complexity index is 620. The summed E-state index contributed by atoms with van der Waals surface area (Å²) in [6.07, 6.45) is -2.84. The SMILES string of the molecule is N#Cc1nn(-c2ccc(C(F)(F)F)cc2)cc1CN. The Balaban J connectivity index is 2.38. The van der Waals surface area contributed by atoms with Crippen LogP contribution in [-0.2, 0) is 12.7 Å². The molecule has 0 aliphatic heterocycles. The highest BCUT2D eigenvalue weighted by molar-refractivity contribution is 5.38. The minimum absolute atomic E-state index is 0.142. The number of hydrogen-bond donors (Lipinski definition) is 1. The van der Waals surface area contributed by atoms with Crippen LogP contribution >= 0.6 is 0 Å². The first-order valence-corrected chi connectivity index (χ1v) is 5.32. The van der Waals surface area contributed by atoms with Crippen LogP contribution in [0.15, 0.2) is 30.5 Å². The monoisotopic (exact) mass is 266 g/mol. The van der Waals surface area contributed by atoms with Gasteiger partial charge in [0, 0.05) is 18.3 Å². The summed E-state index contributed by atoms with van der Waals surface area (Å²) in [4.78, 5) is 0. The summed E-state index contributed by atoms with van der Waals surface area (Å²) in [6.45, 7) is 0.142. The fraction of sp³-hybridized carbons (Fsp3) is 0.167. The van der Waals surface area contributed by atoms with E-state index < -0.39 is 11.7 Å². The highest BCUT2D eigenvalue weighted by atomic mass is 19.4. The van der Waals surface area contributed by atoms with E-state index in [0.29, 0.717) is 11.3 Å². The molecule has 0 radical (unpaired) electrons. The first kappa shape index (κ1) is 13.1. The van der Waals surface area contributed by atoms with E-state index in [4.69, 9.17) is 11.0 Å². The minimum Gasteiger partial charge on any atom is -0.326 e. The summed E-state index contributed by atoms with van der Waals surface area (Å²) >= 11 is 0. The predicted molar refractivity (Wildman–Crippen MR) is 61.2 cm³/mol. The van der Waals surface area contributed by atoms with Crippen LogP contribution < -0.4 is 5.73 Å². The van der Waals surface area contributed by atoms with Crippen molar-refractivity contribution in [3.05, 3.63) is 47.3 Å². The van der Waals surface area contributed by atoms with Crippen molar-refractivity contribution in [1.82, 2.24) is 9.78 Å². The van der Waals surface area contributed by atoms with Gasteiger partial charge >= 0.3 is 6.18 Å². The topological polar surface area (TPSA) is 67.6 Å². The predicted octanol–water partition coefficient (Wildman–Crippen LogP) is 2.22. The van der Waals surface area contributed by atoms with Crippen LogP contribution in [0.2, 0.25) is 0 Å². The van der Waals surface area contributed by atoms with E-state index in [9.17, 15) is 13.2 Å². The van der Waals surface area contributed by atoms with E-state index in [1.807, 2.05) is 6.07 Å². The van der Waals surface area contributed by atoms with Crippen molar-refractivity contribution < 1.29 is 13.2 Å². The molecule has 1 aromatic heterocycles. The Morgan fingerprint density at radius 3 is 2.32 bits per heavy atom. The summed E-state index contributed by atoms with van der Waals surface area (Å²) in [7, 11) is 0. The van der Waals surface area contributed by atoms with E-state index in [2.05, 4.69) is 5.10 Å². The van der Waals surface area contributed by atoms with Crippen molar-refractivity contribution in [2.75, 3.05) is 0 Å². The molecule has 2 rings (SSSR count). The van der Waals surface area contributed by atoms with Crippen molar-refractivity contribution in [2.24, 2.45) is 5.73 Å². The van der Waals surface area contributed by atoms with Crippen LogP contribution in [0, 0.1) is 11.3 Å². The van der Waals surface area contributed by atoms with Crippen LogP contribution in [0.5, 0.6) is 0 Å². The zero-order valence-corrected chi connectivity index (χ0v) is 9.65. The van der Waals surface area contributed by atoms with Crippen LogP contribution in [-0.4, -0.2) is 9.78 Å². The van der Waals surface area contributed by atoms with Gasteiger partial charge in [-0.25, -0.2) is 4.68 Å². The molecule has 0 amide bonds. The van der Waals surface area contributed by atoms with Gasteiger partial charge in [0.15, 0.2) is 5.69 Å². The van der Waals surface area contributed by atoms with Gasteiger partial charge in [0.25, 0.3) is 0 Å². The number of alkyl halides is 3. The van der Waals surface area contributed by atoms with Gasteiger partial charge in [0.1, 0.15) is 6.07 Å². The van der Waals surface area contributed by atoms with Gasteiger partial charge in [-0.3, -0.25) is 0 Å². The molecule has 2 aromatic rings. The molecule has 1 aromatic carbocycles. The van der Waals surface area contributed by atoms with Crippen molar-refractivity contribution in [1.29, 1.82) is 5.26 Å². The fourth-order valence-corrected chi connectivity index (χ4v) is 1.59. The number of nitriles is 1. The lowest BCUT2D eigenvalue weighted by Gasteiger charge is -2.07. The smallest absolute Gasteiger partial charge is 0.326 e. The molecule has 0 fully saturated rings. The van der Waals surface area contributed by atoms with Crippen LogP contribution in [0.3, 0.4) is 0 Å². The summed E-state index contributed by atoms with van der Waals surface area (Å²) in [5, 5.41) is 12.8. The number of halogens is 3. The molecule has 0 saturated heterocycles. The van der Waals surface area contributed by atoms with Crippen molar-refractivity contribution >= 4 is 0 Å². The zero-order valence-electron chi connectivity index (χ0n) is 9.65. The van der Waals surface area contributed by atoms with E-state index in [1.165, 1.54) is 23.0 Å². The van der Waals surface area contributed by atoms with Gasteiger partial charge in [0.2, 0.25) is 0 Å². The van der Waals surface area contributed by atoms with Crippen LogP contribution in [0.4, 0.5) is 13.2 Å². The number of nitrogens with two attached hydrogens (primary N) is 1. The third kappa shape index (κ3) is 2.58. The van der Waals surface area contributed by atoms with Crippen molar-refractivity contribution in [3.63, 3.8) is 0 Å². The quantitative estimate of drug-likeness (QED) is 0.906. The summed E-state index contributed by atoms with van der Waals surface area (Å²) in [5.74, 6) is 0. The second kappa shape index (κ2) is 4.74. The third-order valence-corrected chi connectivity index (χ3v) is 2.58. The number of benzene rings is 1. The van der Waals surface area contributed by atoms with Gasteiger partial charge in [-0.15, -0.1) is 0 Å². The van der Waals surface area contributed by atoms with E-state index in [0.717, 1.165) is 12.1 Å². The summed E-state index contributed by atoms with van der Waals surface area (Å²) in [6, 6.07) is 6.39. The second-order valence-corrected chi connectivity index (χ2v) is 3.81. The molecule has 0 spiro atoms. The molecule has 0 atom stereocenters. The lowest BCUT2D eigenvalue weighted by atomic mass is 10.2. The Kier molecular flexibility index (Phi) is 3.27. The summed E-state index contributed by atoms with van der Waals surface area (Å²) < 4.78 is 38.6. The maximum absolute atomic E-state index is 12.4. The number of nitrogens with zero attached hydrogens (tertiary/aromatic N) is 3. The molecule has 2 N–H and O–H groups in total. The molecular weight excluding hydrogens is 257 g/mol. The average molecular weight is 266 g/mol. The minimum atomic E-state index is -4.37. The lowest BCUT2D eigenvalue weighted by molar-refractivity contribution is -0.137. The molecule has 0 saturated carbocycles. The molecule has 1 heterocycles. The standard InChI is InChI=1S/C12H9F3N4/c13-12(14,15)9-1-3-10(4-2-9)19-7-8(5-16)11(6-17)18-19/h1-4,7H,5,16H2. The Hall–Kier alpha value is -2.33. The van der Waals surface area contributed by atoms with Crippen molar-refractivity contribution in [3.8, 4) is 11.8 Å². The fourth-order valence-electron chi connectivity index (χ4n) is 1.59. The normalized spacial score (nSPS) is 11.3. The molecule has 4 nitrogen and oxygen atoms in total. The van der Waals surface area contributed by atoms with Gasteiger partial charge < -0.3 is 5.73 Å². The van der Waals surface area contributed by atoms with Gasteiger partial charge in [-0.2, -0.15) is 23.5 Å². The van der Waals surface area contributed by atoms with Gasteiger partial charge in [-0.1, -0.05) is 0 Å². The second-order valence-electron chi connectivity index (χ2n) is 3.81. The molecule has 98 valence electrons. The molecule has 0 aliphatic rings. The third-order valence-electron chi connectivity index (χ3n) is 2.58.